The normalized spacial score (nSPS) is 11.8. The lowest BCUT2D eigenvalue weighted by Crippen LogP contribution is -2.35. The maximum atomic E-state index is 13.1. The van der Waals surface area contributed by atoms with Crippen molar-refractivity contribution < 1.29 is 13.2 Å². The van der Waals surface area contributed by atoms with Crippen molar-refractivity contribution in [2.75, 3.05) is 18.9 Å². The van der Waals surface area contributed by atoms with Gasteiger partial charge in [-0.05, 0) is 43.7 Å². The number of carbonyl (C=O) groups excluding carboxylic acids is 1. The molecular weight excluding hydrogens is 424 g/mol. The molecule has 0 aliphatic carbocycles. The van der Waals surface area contributed by atoms with E-state index >= 15 is 0 Å². The van der Waals surface area contributed by atoms with Crippen LogP contribution >= 0.6 is 0 Å². The molecule has 7 nitrogen and oxygen atoms in total. The van der Waals surface area contributed by atoms with Gasteiger partial charge in [0.1, 0.15) is 5.82 Å². The lowest BCUT2D eigenvalue weighted by molar-refractivity contribution is -0.116. The summed E-state index contributed by atoms with van der Waals surface area (Å²) < 4.78 is 27.2. The van der Waals surface area contributed by atoms with E-state index in [4.69, 9.17) is 0 Å². The fourth-order valence-electron chi connectivity index (χ4n) is 3.49. The third-order valence-corrected chi connectivity index (χ3v) is 7.03. The maximum Gasteiger partial charge on any atom is 0.243 e. The van der Waals surface area contributed by atoms with E-state index in [1.54, 1.807) is 12.1 Å². The molecule has 1 aromatic heterocycles. The number of hydrogen-bond acceptors (Lipinski definition) is 4. The summed E-state index contributed by atoms with van der Waals surface area (Å²) in [5.74, 6) is 0.258. The Bertz CT molecular complexity index is 1400. The second-order valence-electron chi connectivity index (χ2n) is 7.76. The summed E-state index contributed by atoms with van der Waals surface area (Å²) in [6, 6.07) is 20.0. The van der Waals surface area contributed by atoms with Crippen molar-refractivity contribution in [3.05, 3.63) is 77.9 Å². The molecule has 0 unspecified atom stereocenters. The fourth-order valence-corrected chi connectivity index (χ4v) is 4.65. The minimum atomic E-state index is -3.87. The molecule has 0 saturated carbocycles. The number of benzene rings is 3. The number of H-pyrrole nitrogens is 1. The number of nitrogens with zero attached hydrogens (tertiary/aromatic N) is 2. The molecular formula is C24H24N4O3S. The van der Waals surface area contributed by atoms with Crippen molar-refractivity contribution in [3.8, 4) is 11.4 Å². The number of sulfonamides is 1. The first-order valence-electron chi connectivity index (χ1n) is 10.1. The summed E-state index contributed by atoms with van der Waals surface area (Å²) in [5, 5.41) is 2.78. The van der Waals surface area contributed by atoms with Gasteiger partial charge in [-0.25, -0.2) is 13.4 Å². The highest BCUT2D eigenvalue weighted by Gasteiger charge is 2.24. The summed E-state index contributed by atoms with van der Waals surface area (Å²) in [6.07, 6.45) is 0. The number of aryl methyl sites for hydroxylation is 2. The van der Waals surface area contributed by atoms with Crippen LogP contribution in [0.25, 0.3) is 22.4 Å². The predicted molar refractivity (Wildman–Crippen MR) is 126 cm³/mol. The van der Waals surface area contributed by atoms with Crippen LogP contribution in [0.4, 0.5) is 5.69 Å². The number of imidazole rings is 1. The summed E-state index contributed by atoms with van der Waals surface area (Å²) in [5.41, 5.74) is 4.86. The van der Waals surface area contributed by atoms with Crippen molar-refractivity contribution >= 4 is 32.7 Å². The first kappa shape index (κ1) is 21.7. The van der Waals surface area contributed by atoms with Gasteiger partial charge < -0.3 is 10.3 Å². The Morgan fingerprint density at radius 2 is 1.78 bits per heavy atom. The zero-order chi connectivity index (χ0) is 22.9. The van der Waals surface area contributed by atoms with Gasteiger partial charge in [-0.3, -0.25) is 4.79 Å². The summed E-state index contributed by atoms with van der Waals surface area (Å²) >= 11 is 0. The predicted octanol–water partition coefficient (Wildman–Crippen LogP) is 4.11. The number of likely N-dealkylation sites (N-methyl/N-ethyl adjacent to an activating group) is 1. The van der Waals surface area contributed by atoms with Crippen molar-refractivity contribution in [1.82, 2.24) is 14.3 Å². The highest BCUT2D eigenvalue weighted by molar-refractivity contribution is 7.89. The molecule has 0 fully saturated rings. The highest BCUT2D eigenvalue weighted by atomic mass is 32.2. The molecule has 0 radical (unpaired) electrons. The Morgan fingerprint density at radius 1 is 1.03 bits per heavy atom. The topological polar surface area (TPSA) is 95.2 Å². The number of carbonyl (C=O) groups is 1. The Kier molecular flexibility index (Phi) is 5.82. The van der Waals surface area contributed by atoms with Gasteiger partial charge in [0.05, 0.1) is 22.5 Å². The average Bonchev–Trinajstić information content (AvgIpc) is 3.20. The lowest BCUT2D eigenvalue weighted by Gasteiger charge is -2.17. The number of rotatable bonds is 6. The quantitative estimate of drug-likeness (QED) is 0.464. The van der Waals surface area contributed by atoms with E-state index in [-0.39, 0.29) is 11.4 Å². The Labute approximate surface area is 187 Å². The second-order valence-corrected chi connectivity index (χ2v) is 9.80. The van der Waals surface area contributed by atoms with Crippen LogP contribution in [0.1, 0.15) is 11.1 Å². The monoisotopic (exact) mass is 448 g/mol. The average molecular weight is 449 g/mol. The fraction of sp³-hybridized carbons (Fsp3) is 0.167. The number of nitrogens with one attached hydrogen (secondary N) is 2. The minimum absolute atomic E-state index is 0.0927. The molecule has 164 valence electrons. The Morgan fingerprint density at radius 3 is 2.50 bits per heavy atom. The largest absolute Gasteiger partial charge is 0.338 e. The molecule has 0 aliphatic rings. The molecule has 8 heteroatoms. The van der Waals surface area contributed by atoms with Gasteiger partial charge in [0.25, 0.3) is 0 Å². The number of fused-ring (bicyclic) bond motifs is 1. The molecule has 3 aromatic carbocycles. The molecule has 0 aliphatic heterocycles. The van der Waals surface area contributed by atoms with E-state index in [2.05, 4.69) is 15.3 Å². The SMILES string of the molecule is Cc1ccc(NC(=O)CN(C)S(=O)(=O)c2ccc3nc(-c4ccccc4)[nH]c3c2)c(C)c1. The van der Waals surface area contributed by atoms with Crippen molar-refractivity contribution in [2.45, 2.75) is 18.7 Å². The standard InChI is InChI=1S/C24H24N4O3S/c1-16-9-11-20(17(2)13-16)25-23(29)15-28(3)32(30,31)19-10-12-21-22(14-19)27-24(26-21)18-7-5-4-6-8-18/h4-14H,15H2,1-3H3,(H,25,29)(H,26,27). The van der Waals surface area contributed by atoms with Crippen molar-refractivity contribution in [3.63, 3.8) is 0 Å². The van der Waals surface area contributed by atoms with E-state index in [1.807, 2.05) is 62.4 Å². The Hall–Kier alpha value is -3.49. The van der Waals surface area contributed by atoms with Crippen LogP contribution in [0.5, 0.6) is 0 Å². The molecule has 4 aromatic rings. The molecule has 1 amide bonds. The summed E-state index contributed by atoms with van der Waals surface area (Å²) in [4.78, 5) is 20.3. The van der Waals surface area contributed by atoms with E-state index in [1.165, 1.54) is 13.1 Å². The van der Waals surface area contributed by atoms with E-state index in [0.29, 0.717) is 22.5 Å². The summed E-state index contributed by atoms with van der Waals surface area (Å²) in [7, 11) is -2.47. The zero-order valence-electron chi connectivity index (χ0n) is 18.1. The van der Waals surface area contributed by atoms with Crippen LogP contribution < -0.4 is 5.32 Å². The molecule has 0 saturated heterocycles. The number of aromatic nitrogens is 2. The van der Waals surface area contributed by atoms with Gasteiger partial charge in [0.2, 0.25) is 15.9 Å². The van der Waals surface area contributed by atoms with Gasteiger partial charge in [-0.2, -0.15) is 4.31 Å². The number of hydrogen-bond donors (Lipinski definition) is 2. The third-order valence-electron chi connectivity index (χ3n) is 5.23. The van der Waals surface area contributed by atoms with Gasteiger partial charge in [0, 0.05) is 18.3 Å². The number of anilines is 1. The number of amides is 1. The molecule has 0 spiro atoms. The number of aromatic amines is 1. The van der Waals surface area contributed by atoms with Crippen molar-refractivity contribution in [1.29, 1.82) is 0 Å². The molecule has 4 rings (SSSR count). The van der Waals surface area contributed by atoms with Crippen LogP contribution in [0.2, 0.25) is 0 Å². The lowest BCUT2D eigenvalue weighted by atomic mass is 10.1. The molecule has 2 N–H and O–H groups in total. The van der Waals surface area contributed by atoms with Crippen LogP contribution in [-0.4, -0.2) is 42.2 Å². The molecule has 0 bridgehead atoms. The molecule has 1 heterocycles. The zero-order valence-corrected chi connectivity index (χ0v) is 18.9. The van der Waals surface area contributed by atoms with E-state index < -0.39 is 15.9 Å². The maximum absolute atomic E-state index is 13.1. The minimum Gasteiger partial charge on any atom is -0.338 e. The Balaban J connectivity index is 1.53. The first-order valence-corrected chi connectivity index (χ1v) is 11.6. The van der Waals surface area contributed by atoms with Gasteiger partial charge in [-0.1, -0.05) is 48.0 Å². The molecule has 32 heavy (non-hydrogen) atoms. The van der Waals surface area contributed by atoms with Crippen LogP contribution in [0.3, 0.4) is 0 Å². The van der Waals surface area contributed by atoms with Crippen LogP contribution in [-0.2, 0) is 14.8 Å². The van der Waals surface area contributed by atoms with E-state index in [9.17, 15) is 13.2 Å². The van der Waals surface area contributed by atoms with Gasteiger partial charge in [0.15, 0.2) is 0 Å². The smallest absolute Gasteiger partial charge is 0.243 e. The van der Waals surface area contributed by atoms with Gasteiger partial charge >= 0.3 is 0 Å². The first-order chi connectivity index (χ1) is 15.2. The van der Waals surface area contributed by atoms with E-state index in [0.717, 1.165) is 21.0 Å². The van der Waals surface area contributed by atoms with Crippen LogP contribution in [0, 0.1) is 13.8 Å². The highest BCUT2D eigenvalue weighted by Crippen LogP contribution is 2.24. The summed E-state index contributed by atoms with van der Waals surface area (Å²) in [6.45, 7) is 3.57. The second kappa shape index (κ2) is 8.57. The molecule has 0 atom stereocenters. The van der Waals surface area contributed by atoms with Gasteiger partial charge in [-0.15, -0.1) is 0 Å². The van der Waals surface area contributed by atoms with Crippen LogP contribution in [0.15, 0.2) is 71.6 Å². The third kappa shape index (κ3) is 4.42. The van der Waals surface area contributed by atoms with Crippen molar-refractivity contribution in [2.24, 2.45) is 0 Å².